The number of ether oxygens (including phenoxy) is 2. The van der Waals surface area contributed by atoms with Crippen molar-refractivity contribution >= 4 is 5.91 Å². The highest BCUT2D eigenvalue weighted by Crippen LogP contribution is 2.46. The van der Waals surface area contributed by atoms with Gasteiger partial charge in [-0.3, -0.25) is 9.69 Å². The molecule has 0 spiro atoms. The minimum atomic E-state index is -0.0810. The minimum Gasteiger partial charge on any atom is -0.497 e. The maximum absolute atomic E-state index is 14.0. The van der Waals surface area contributed by atoms with Crippen molar-refractivity contribution in [2.75, 3.05) is 7.11 Å². The van der Waals surface area contributed by atoms with Gasteiger partial charge < -0.3 is 14.8 Å². The van der Waals surface area contributed by atoms with Crippen LogP contribution in [0.25, 0.3) is 0 Å². The molecule has 0 radical (unpaired) electrons. The van der Waals surface area contributed by atoms with Crippen LogP contribution in [-0.4, -0.2) is 42.3 Å². The van der Waals surface area contributed by atoms with Crippen molar-refractivity contribution in [3.8, 4) is 5.75 Å². The molecule has 2 saturated carbocycles. The summed E-state index contributed by atoms with van der Waals surface area (Å²) in [4.78, 5) is 16.6. The van der Waals surface area contributed by atoms with Gasteiger partial charge in [0.25, 0.3) is 0 Å². The number of carbonyl (C=O) groups excluding carboxylic acids is 1. The lowest BCUT2D eigenvalue weighted by Gasteiger charge is -2.43. The van der Waals surface area contributed by atoms with Crippen molar-refractivity contribution in [1.29, 1.82) is 0 Å². The van der Waals surface area contributed by atoms with Crippen LogP contribution in [0.4, 0.5) is 0 Å². The topological polar surface area (TPSA) is 54.1 Å². The van der Waals surface area contributed by atoms with Crippen LogP contribution >= 0.6 is 0 Å². The lowest BCUT2D eigenvalue weighted by molar-refractivity contribution is -0.133. The van der Waals surface area contributed by atoms with E-state index in [1.54, 1.807) is 7.11 Å². The van der Waals surface area contributed by atoms with E-state index in [0.717, 1.165) is 37.9 Å². The fourth-order valence-electron chi connectivity index (χ4n) is 6.40. The number of benzene rings is 1. The first-order chi connectivity index (χ1) is 16.7. The fourth-order valence-corrected chi connectivity index (χ4v) is 6.40. The zero-order valence-electron chi connectivity index (χ0n) is 21.6. The molecule has 190 valence electrons. The van der Waals surface area contributed by atoms with Crippen LogP contribution in [0.2, 0.25) is 0 Å². The van der Waals surface area contributed by atoms with Crippen molar-refractivity contribution in [3.63, 3.8) is 0 Å². The lowest BCUT2D eigenvalue weighted by atomic mass is 9.81. The standard InChI is InChI=1S/C29H46N2O3/c1-4-12-23(5-2)30-28(32)26(21-13-8-6-9-14-21)31(24-15-10-7-11-16-24)29-27(34-29)22-17-19-25(33-3)20-18-22/h17-21,23-24,26-27,29H,4-16H2,1-3H3,(H,30,32). The Morgan fingerprint density at radius 2 is 1.68 bits per heavy atom. The molecular formula is C29H46N2O3. The highest BCUT2D eigenvalue weighted by molar-refractivity contribution is 5.82. The smallest absolute Gasteiger partial charge is 0.237 e. The average molecular weight is 471 g/mol. The van der Waals surface area contributed by atoms with Crippen molar-refractivity contribution in [2.24, 2.45) is 5.92 Å². The molecule has 4 rings (SSSR count). The first-order valence-electron chi connectivity index (χ1n) is 14.0. The number of nitrogens with zero attached hydrogens (tertiary/aromatic N) is 1. The van der Waals surface area contributed by atoms with Gasteiger partial charge >= 0.3 is 0 Å². The summed E-state index contributed by atoms with van der Waals surface area (Å²) in [6.45, 7) is 4.40. The Kier molecular flexibility index (Phi) is 9.30. The van der Waals surface area contributed by atoms with Gasteiger partial charge in [0.1, 0.15) is 18.1 Å². The predicted molar refractivity (Wildman–Crippen MR) is 137 cm³/mol. The van der Waals surface area contributed by atoms with Crippen LogP contribution in [0.1, 0.15) is 109 Å². The molecule has 1 aliphatic heterocycles. The molecule has 4 atom stereocenters. The molecule has 5 heteroatoms. The van der Waals surface area contributed by atoms with Crippen LogP contribution in [-0.2, 0) is 9.53 Å². The van der Waals surface area contributed by atoms with Crippen molar-refractivity contribution in [1.82, 2.24) is 10.2 Å². The first kappa shape index (κ1) is 25.5. The van der Waals surface area contributed by atoms with Gasteiger partial charge in [0.2, 0.25) is 5.91 Å². The molecule has 3 fully saturated rings. The quantitative estimate of drug-likeness (QED) is 0.382. The summed E-state index contributed by atoms with van der Waals surface area (Å²) < 4.78 is 11.7. The molecule has 1 N–H and O–H groups in total. The average Bonchev–Trinajstić information content (AvgIpc) is 3.68. The number of amides is 1. The number of hydrogen-bond donors (Lipinski definition) is 1. The van der Waals surface area contributed by atoms with Crippen molar-refractivity contribution < 1.29 is 14.3 Å². The highest BCUT2D eigenvalue weighted by Gasteiger charge is 2.52. The van der Waals surface area contributed by atoms with Gasteiger partial charge in [-0.25, -0.2) is 0 Å². The molecule has 34 heavy (non-hydrogen) atoms. The Labute approximate surface area is 207 Å². The van der Waals surface area contributed by atoms with E-state index in [2.05, 4.69) is 36.2 Å². The summed E-state index contributed by atoms with van der Waals surface area (Å²) in [5.74, 6) is 1.54. The molecule has 0 bridgehead atoms. The maximum atomic E-state index is 14.0. The third-order valence-electron chi connectivity index (χ3n) is 8.37. The van der Waals surface area contributed by atoms with Gasteiger partial charge in [-0.2, -0.15) is 0 Å². The summed E-state index contributed by atoms with van der Waals surface area (Å²) in [5.41, 5.74) is 1.19. The van der Waals surface area contributed by atoms with Crippen molar-refractivity contribution in [3.05, 3.63) is 29.8 Å². The van der Waals surface area contributed by atoms with E-state index in [-0.39, 0.29) is 30.3 Å². The highest BCUT2D eigenvalue weighted by atomic mass is 16.6. The van der Waals surface area contributed by atoms with E-state index in [4.69, 9.17) is 9.47 Å². The van der Waals surface area contributed by atoms with Gasteiger partial charge in [0.05, 0.1) is 13.2 Å². The largest absolute Gasteiger partial charge is 0.497 e. The zero-order chi connectivity index (χ0) is 23.9. The molecule has 4 unspecified atom stereocenters. The number of epoxide rings is 1. The molecule has 1 aromatic rings. The Morgan fingerprint density at radius 1 is 1.03 bits per heavy atom. The summed E-state index contributed by atoms with van der Waals surface area (Å²) in [5, 5.41) is 3.48. The Hall–Kier alpha value is -1.59. The number of hydrogen-bond acceptors (Lipinski definition) is 4. The van der Waals surface area contributed by atoms with Crippen LogP contribution in [0.3, 0.4) is 0 Å². The monoisotopic (exact) mass is 470 g/mol. The SMILES string of the molecule is CCCC(CC)NC(=O)C(C1CCCCC1)N(C1CCCCC1)C1OC1c1ccc(OC)cc1. The molecule has 0 aromatic heterocycles. The van der Waals surface area contributed by atoms with E-state index in [1.807, 2.05) is 12.1 Å². The van der Waals surface area contributed by atoms with Gasteiger partial charge in [0, 0.05) is 12.1 Å². The number of rotatable bonds is 11. The summed E-state index contributed by atoms with van der Waals surface area (Å²) in [6, 6.07) is 8.89. The molecule has 3 aliphatic rings. The number of carbonyl (C=O) groups is 1. The zero-order valence-corrected chi connectivity index (χ0v) is 21.6. The van der Waals surface area contributed by atoms with E-state index >= 15 is 0 Å². The summed E-state index contributed by atoms with van der Waals surface area (Å²) in [7, 11) is 1.70. The first-order valence-corrected chi connectivity index (χ1v) is 14.0. The van der Waals surface area contributed by atoms with E-state index in [0.29, 0.717) is 12.0 Å². The Balaban J connectivity index is 1.60. The lowest BCUT2D eigenvalue weighted by Crippen LogP contribution is -2.58. The second-order valence-corrected chi connectivity index (χ2v) is 10.7. The Bertz CT molecular complexity index is 755. The third kappa shape index (κ3) is 6.15. The maximum Gasteiger partial charge on any atom is 0.237 e. The van der Waals surface area contributed by atoms with E-state index in [1.165, 1.54) is 56.9 Å². The van der Waals surface area contributed by atoms with Crippen LogP contribution in [0.5, 0.6) is 5.75 Å². The van der Waals surface area contributed by atoms with E-state index in [9.17, 15) is 4.79 Å². The van der Waals surface area contributed by atoms with Crippen LogP contribution < -0.4 is 10.1 Å². The van der Waals surface area contributed by atoms with Gasteiger partial charge in [0.15, 0.2) is 0 Å². The number of methoxy groups -OCH3 is 1. The minimum absolute atomic E-state index is 0.000392. The van der Waals surface area contributed by atoms with Gasteiger partial charge in [-0.1, -0.05) is 70.9 Å². The predicted octanol–water partition coefficient (Wildman–Crippen LogP) is 6.37. The third-order valence-corrected chi connectivity index (χ3v) is 8.37. The molecule has 1 saturated heterocycles. The van der Waals surface area contributed by atoms with Crippen LogP contribution in [0.15, 0.2) is 24.3 Å². The normalized spacial score (nSPS) is 25.6. The molecular weight excluding hydrogens is 424 g/mol. The molecule has 1 amide bonds. The Morgan fingerprint density at radius 3 is 2.26 bits per heavy atom. The second kappa shape index (κ2) is 12.4. The van der Waals surface area contributed by atoms with Crippen molar-refractivity contribution in [2.45, 2.75) is 128 Å². The van der Waals surface area contributed by atoms with Crippen LogP contribution in [0, 0.1) is 5.92 Å². The summed E-state index contributed by atoms with van der Waals surface area (Å²) >= 11 is 0. The fraction of sp³-hybridized carbons (Fsp3) is 0.759. The molecule has 2 aliphatic carbocycles. The summed E-state index contributed by atoms with van der Waals surface area (Å²) in [6.07, 6.45) is 15.5. The number of nitrogens with one attached hydrogen (secondary N) is 1. The molecule has 5 nitrogen and oxygen atoms in total. The second-order valence-electron chi connectivity index (χ2n) is 10.7. The van der Waals surface area contributed by atoms with Gasteiger partial charge in [-0.05, 0) is 62.1 Å². The molecule has 1 aromatic carbocycles. The van der Waals surface area contributed by atoms with Gasteiger partial charge in [-0.15, -0.1) is 0 Å². The van der Waals surface area contributed by atoms with E-state index < -0.39 is 0 Å². The molecule has 1 heterocycles.